The monoisotopic (exact) mass is 458 g/mol. The first kappa shape index (κ1) is 25.8. The Hall–Kier alpha value is -3.46. The number of rotatable bonds is 15. The lowest BCUT2D eigenvalue weighted by Gasteiger charge is -2.19. The molecule has 0 heterocycles. The van der Waals surface area contributed by atoms with Crippen LogP contribution in [0.1, 0.15) is 37.3 Å². The van der Waals surface area contributed by atoms with Crippen molar-refractivity contribution in [2.75, 3.05) is 19.8 Å². The van der Waals surface area contributed by atoms with E-state index in [0.717, 1.165) is 30.4 Å². The maximum atomic E-state index is 8.69. The molecule has 0 aromatic heterocycles. The van der Waals surface area contributed by atoms with Gasteiger partial charge in [0.1, 0.15) is 42.5 Å². The fourth-order valence-corrected chi connectivity index (χ4v) is 3.02. The maximum absolute atomic E-state index is 8.69. The van der Waals surface area contributed by atoms with E-state index >= 15 is 0 Å². The summed E-state index contributed by atoms with van der Waals surface area (Å²) >= 11 is 0. The Morgan fingerprint density at radius 3 is 1.64 bits per heavy atom. The van der Waals surface area contributed by atoms with Crippen molar-refractivity contribution >= 4 is 11.7 Å². The number of ether oxygens (including phenoxy) is 3. The first-order valence-corrected chi connectivity index (χ1v) is 11.0. The zero-order chi connectivity index (χ0) is 23.9. The lowest BCUT2D eigenvalue weighted by molar-refractivity contribution is -0.00869. The van der Waals surface area contributed by atoms with E-state index < -0.39 is 0 Å². The standard InChI is InChI=1S/C24H34N4O5/c1-2-3-4-13-31-22(16-32-20-9-5-18(6-10-20)14-23(25)27-29)17-33-21-11-7-19(8-12-21)15-24(26)28-30/h5-12,22,29-30H,2-4,13-17H2,1H3,(H2,25,27)(H2,26,28). The quantitative estimate of drug-likeness (QED) is 0.105. The third kappa shape index (κ3) is 10.1. The van der Waals surface area contributed by atoms with Crippen molar-refractivity contribution in [1.29, 1.82) is 0 Å². The van der Waals surface area contributed by atoms with Gasteiger partial charge in [-0.3, -0.25) is 0 Å². The summed E-state index contributed by atoms with van der Waals surface area (Å²) in [6.45, 7) is 3.47. The molecule has 0 radical (unpaired) electrons. The van der Waals surface area contributed by atoms with E-state index in [4.69, 9.17) is 36.1 Å². The van der Waals surface area contributed by atoms with Crippen LogP contribution < -0.4 is 20.9 Å². The molecule has 9 nitrogen and oxygen atoms in total. The normalized spacial score (nSPS) is 12.2. The molecule has 6 N–H and O–H groups in total. The van der Waals surface area contributed by atoms with E-state index in [1.54, 1.807) is 0 Å². The molecule has 0 atom stereocenters. The van der Waals surface area contributed by atoms with Crippen molar-refractivity contribution in [3.05, 3.63) is 59.7 Å². The van der Waals surface area contributed by atoms with Gasteiger partial charge in [-0.1, -0.05) is 54.3 Å². The number of nitrogens with zero attached hydrogens (tertiary/aromatic N) is 2. The average molecular weight is 459 g/mol. The molecule has 0 saturated carbocycles. The topological polar surface area (TPSA) is 145 Å². The first-order valence-electron chi connectivity index (χ1n) is 11.0. The molecule has 0 aliphatic heterocycles. The number of hydrogen-bond donors (Lipinski definition) is 4. The summed E-state index contributed by atoms with van der Waals surface area (Å²) in [6.07, 6.45) is 3.71. The van der Waals surface area contributed by atoms with Gasteiger partial charge < -0.3 is 36.1 Å². The van der Waals surface area contributed by atoms with E-state index in [1.165, 1.54) is 0 Å². The second-order valence-electron chi connectivity index (χ2n) is 7.65. The summed E-state index contributed by atoms with van der Waals surface area (Å²) in [7, 11) is 0. The number of hydrogen-bond acceptors (Lipinski definition) is 7. The van der Waals surface area contributed by atoms with Crippen LogP contribution >= 0.6 is 0 Å². The van der Waals surface area contributed by atoms with Gasteiger partial charge in [0, 0.05) is 19.4 Å². The highest BCUT2D eigenvalue weighted by Gasteiger charge is 2.12. The molecule has 180 valence electrons. The van der Waals surface area contributed by atoms with Gasteiger partial charge in [-0.25, -0.2) is 0 Å². The van der Waals surface area contributed by atoms with Gasteiger partial charge in [-0.05, 0) is 41.8 Å². The third-order valence-corrected chi connectivity index (χ3v) is 4.85. The molecule has 0 bridgehead atoms. The second kappa shape index (κ2) is 14.6. The summed E-state index contributed by atoms with van der Waals surface area (Å²) in [5, 5.41) is 23.3. The van der Waals surface area contributed by atoms with Crippen LogP contribution in [-0.2, 0) is 17.6 Å². The van der Waals surface area contributed by atoms with Crippen molar-refractivity contribution in [3.63, 3.8) is 0 Å². The van der Waals surface area contributed by atoms with Crippen molar-refractivity contribution in [1.82, 2.24) is 0 Å². The number of unbranched alkanes of at least 4 members (excludes halogenated alkanes) is 2. The van der Waals surface area contributed by atoms with Crippen molar-refractivity contribution in [2.45, 2.75) is 45.1 Å². The summed E-state index contributed by atoms with van der Waals surface area (Å²) < 4.78 is 17.8. The Labute approximate surface area is 194 Å². The Bertz CT molecular complexity index is 802. The van der Waals surface area contributed by atoms with Crippen molar-refractivity contribution in [3.8, 4) is 11.5 Å². The fraction of sp³-hybridized carbons (Fsp3) is 0.417. The largest absolute Gasteiger partial charge is 0.491 e. The molecule has 0 fully saturated rings. The molecule has 2 rings (SSSR count). The van der Waals surface area contributed by atoms with Gasteiger partial charge in [-0.15, -0.1) is 0 Å². The average Bonchev–Trinajstić information content (AvgIpc) is 2.84. The molecular weight excluding hydrogens is 424 g/mol. The first-order chi connectivity index (χ1) is 16.0. The number of benzene rings is 2. The highest BCUT2D eigenvalue weighted by molar-refractivity contribution is 5.82. The lowest BCUT2D eigenvalue weighted by atomic mass is 10.1. The van der Waals surface area contributed by atoms with E-state index in [0.29, 0.717) is 44.2 Å². The van der Waals surface area contributed by atoms with Gasteiger partial charge in [0.25, 0.3) is 0 Å². The number of nitrogens with two attached hydrogens (primary N) is 2. The Morgan fingerprint density at radius 2 is 1.24 bits per heavy atom. The fourth-order valence-electron chi connectivity index (χ4n) is 3.02. The van der Waals surface area contributed by atoms with Crippen LogP contribution in [0.2, 0.25) is 0 Å². The zero-order valence-corrected chi connectivity index (χ0v) is 19.0. The minimum Gasteiger partial charge on any atom is -0.491 e. The van der Waals surface area contributed by atoms with E-state index in [1.807, 2.05) is 48.5 Å². The predicted molar refractivity (Wildman–Crippen MR) is 127 cm³/mol. The Morgan fingerprint density at radius 1 is 0.788 bits per heavy atom. The molecule has 0 amide bonds. The lowest BCUT2D eigenvalue weighted by Crippen LogP contribution is -2.29. The molecule has 2 aromatic carbocycles. The van der Waals surface area contributed by atoms with Gasteiger partial charge >= 0.3 is 0 Å². The second-order valence-corrected chi connectivity index (χ2v) is 7.65. The molecule has 9 heteroatoms. The van der Waals surface area contributed by atoms with Crippen LogP contribution in [0.15, 0.2) is 58.8 Å². The van der Waals surface area contributed by atoms with Crippen molar-refractivity contribution < 1.29 is 24.6 Å². The maximum Gasteiger partial charge on any atom is 0.143 e. The van der Waals surface area contributed by atoms with Gasteiger partial charge in [0.2, 0.25) is 0 Å². The van der Waals surface area contributed by atoms with Crippen LogP contribution in [0, 0.1) is 0 Å². The smallest absolute Gasteiger partial charge is 0.143 e. The molecule has 0 spiro atoms. The molecule has 0 saturated heterocycles. The number of amidine groups is 2. The SMILES string of the molecule is CCCCCOC(COc1ccc(C/C(N)=N/O)cc1)COc1ccc(C/C(N)=N/O)cc1. The van der Waals surface area contributed by atoms with Crippen LogP contribution in [-0.4, -0.2) is 48.0 Å². The zero-order valence-electron chi connectivity index (χ0n) is 19.0. The van der Waals surface area contributed by atoms with E-state index in [-0.39, 0.29) is 17.8 Å². The summed E-state index contributed by atoms with van der Waals surface area (Å²) in [6, 6.07) is 14.9. The third-order valence-electron chi connectivity index (χ3n) is 4.85. The van der Waals surface area contributed by atoms with Gasteiger partial charge in [-0.2, -0.15) is 0 Å². The van der Waals surface area contributed by atoms with Crippen LogP contribution in [0.25, 0.3) is 0 Å². The number of oxime groups is 2. The molecule has 0 aliphatic carbocycles. The highest BCUT2D eigenvalue weighted by atomic mass is 16.6. The van der Waals surface area contributed by atoms with E-state index in [9.17, 15) is 0 Å². The molecule has 0 aliphatic rings. The van der Waals surface area contributed by atoms with Crippen LogP contribution in [0.3, 0.4) is 0 Å². The summed E-state index contributed by atoms with van der Waals surface area (Å²) in [5.41, 5.74) is 12.9. The molecule has 0 unspecified atom stereocenters. The summed E-state index contributed by atoms with van der Waals surface area (Å²) in [5.74, 6) is 1.71. The van der Waals surface area contributed by atoms with E-state index in [2.05, 4.69) is 17.2 Å². The molecule has 2 aromatic rings. The minimum atomic E-state index is -0.240. The van der Waals surface area contributed by atoms with Crippen molar-refractivity contribution in [2.24, 2.45) is 21.8 Å². The minimum absolute atomic E-state index is 0.152. The Balaban J connectivity index is 1.89. The molecule has 33 heavy (non-hydrogen) atoms. The highest BCUT2D eigenvalue weighted by Crippen LogP contribution is 2.16. The van der Waals surface area contributed by atoms with Gasteiger partial charge in [0.15, 0.2) is 0 Å². The predicted octanol–water partition coefficient (Wildman–Crippen LogP) is 3.30. The van der Waals surface area contributed by atoms with Crippen LogP contribution in [0.5, 0.6) is 11.5 Å². The Kier molecular flexibility index (Phi) is 11.4. The van der Waals surface area contributed by atoms with Crippen LogP contribution in [0.4, 0.5) is 0 Å². The summed E-state index contributed by atoms with van der Waals surface area (Å²) in [4.78, 5) is 0. The van der Waals surface area contributed by atoms with Gasteiger partial charge in [0.05, 0.1) is 0 Å². The molecular formula is C24H34N4O5.